The number of rotatable bonds is 4. The standard InChI is InChI=1S/C24H16N4O2/c25-15-17-8-4-5-11-20(17)21-14-18(27-23(29)22-12-6-7-13-26-22)16-28(24(21)30)19-9-2-1-3-10-19/h1-14,16H,(H,27,29). The van der Waals surface area contributed by atoms with E-state index in [1.54, 1.807) is 66.9 Å². The Morgan fingerprint density at radius 3 is 2.40 bits per heavy atom. The minimum absolute atomic E-state index is 0.258. The van der Waals surface area contributed by atoms with E-state index < -0.39 is 5.91 Å². The fourth-order valence-corrected chi connectivity index (χ4v) is 3.13. The zero-order valence-electron chi connectivity index (χ0n) is 15.8. The molecule has 1 N–H and O–H groups in total. The monoisotopic (exact) mass is 392 g/mol. The topological polar surface area (TPSA) is 87.8 Å². The SMILES string of the molecule is N#Cc1ccccc1-c1cc(NC(=O)c2ccccn2)cn(-c2ccccc2)c1=O. The Bertz CT molecular complexity index is 1310. The highest BCUT2D eigenvalue weighted by Gasteiger charge is 2.15. The highest BCUT2D eigenvalue weighted by Crippen LogP contribution is 2.24. The van der Waals surface area contributed by atoms with Gasteiger partial charge in [0, 0.05) is 23.6 Å². The summed E-state index contributed by atoms with van der Waals surface area (Å²) >= 11 is 0. The van der Waals surface area contributed by atoms with Gasteiger partial charge in [-0.3, -0.25) is 19.1 Å². The van der Waals surface area contributed by atoms with Crippen molar-refractivity contribution in [3.05, 3.63) is 113 Å². The number of hydrogen-bond donors (Lipinski definition) is 1. The van der Waals surface area contributed by atoms with Gasteiger partial charge in [0.05, 0.1) is 22.9 Å². The quantitative estimate of drug-likeness (QED) is 0.568. The van der Waals surface area contributed by atoms with Crippen LogP contribution in [0.15, 0.2) is 96.1 Å². The van der Waals surface area contributed by atoms with Crippen molar-refractivity contribution in [1.82, 2.24) is 9.55 Å². The van der Waals surface area contributed by atoms with Gasteiger partial charge >= 0.3 is 0 Å². The first-order valence-corrected chi connectivity index (χ1v) is 9.21. The largest absolute Gasteiger partial charge is 0.319 e. The molecule has 2 aromatic carbocycles. The van der Waals surface area contributed by atoms with Gasteiger partial charge in [-0.2, -0.15) is 5.26 Å². The van der Waals surface area contributed by atoms with Gasteiger partial charge < -0.3 is 5.32 Å². The van der Waals surface area contributed by atoms with Crippen molar-refractivity contribution in [2.24, 2.45) is 0 Å². The third-order valence-corrected chi connectivity index (χ3v) is 4.54. The molecule has 0 saturated heterocycles. The van der Waals surface area contributed by atoms with Crippen molar-refractivity contribution in [3.8, 4) is 22.9 Å². The molecule has 0 aliphatic heterocycles. The van der Waals surface area contributed by atoms with Gasteiger partial charge in [0.2, 0.25) is 0 Å². The van der Waals surface area contributed by atoms with Crippen LogP contribution in [0.5, 0.6) is 0 Å². The van der Waals surface area contributed by atoms with Gasteiger partial charge in [0.1, 0.15) is 5.69 Å². The number of carbonyl (C=O) groups is 1. The Labute approximate surface area is 172 Å². The molecular weight excluding hydrogens is 376 g/mol. The molecule has 0 radical (unpaired) electrons. The Balaban J connectivity index is 1.88. The van der Waals surface area contributed by atoms with Gasteiger partial charge in [0.25, 0.3) is 11.5 Å². The molecule has 1 amide bonds. The molecule has 4 aromatic rings. The van der Waals surface area contributed by atoms with Crippen molar-refractivity contribution >= 4 is 11.6 Å². The van der Waals surface area contributed by atoms with Crippen molar-refractivity contribution in [2.75, 3.05) is 5.32 Å². The molecule has 2 heterocycles. The molecule has 2 aromatic heterocycles. The minimum atomic E-state index is -0.395. The number of nitriles is 1. The predicted molar refractivity (Wildman–Crippen MR) is 114 cm³/mol. The van der Waals surface area contributed by atoms with Crippen LogP contribution in [0.2, 0.25) is 0 Å². The summed E-state index contributed by atoms with van der Waals surface area (Å²) in [5, 5.41) is 12.3. The molecule has 0 fully saturated rings. The van der Waals surface area contributed by atoms with E-state index in [0.717, 1.165) is 0 Å². The van der Waals surface area contributed by atoms with Gasteiger partial charge in [-0.05, 0) is 36.4 Å². The average Bonchev–Trinajstić information content (AvgIpc) is 2.81. The molecule has 0 atom stereocenters. The summed E-state index contributed by atoms with van der Waals surface area (Å²) in [5.41, 5.74) is 2.22. The number of carbonyl (C=O) groups excluding carboxylic acids is 1. The number of amides is 1. The van der Waals surface area contributed by atoms with Crippen molar-refractivity contribution in [1.29, 1.82) is 5.26 Å². The van der Waals surface area contributed by atoms with Gasteiger partial charge in [0.15, 0.2) is 0 Å². The van der Waals surface area contributed by atoms with Crippen molar-refractivity contribution in [3.63, 3.8) is 0 Å². The second-order valence-electron chi connectivity index (χ2n) is 6.48. The van der Waals surface area contributed by atoms with Gasteiger partial charge in [-0.25, -0.2) is 0 Å². The number of para-hydroxylation sites is 1. The lowest BCUT2D eigenvalue weighted by atomic mass is 10.0. The minimum Gasteiger partial charge on any atom is -0.319 e. The lowest BCUT2D eigenvalue weighted by molar-refractivity contribution is 0.102. The molecule has 0 aliphatic carbocycles. The van der Waals surface area contributed by atoms with Gasteiger partial charge in [-0.15, -0.1) is 0 Å². The maximum Gasteiger partial charge on any atom is 0.274 e. The van der Waals surface area contributed by atoms with Crippen LogP contribution in [-0.2, 0) is 0 Å². The van der Waals surface area contributed by atoms with Crippen LogP contribution in [0.4, 0.5) is 5.69 Å². The summed E-state index contributed by atoms with van der Waals surface area (Å²) in [5.74, 6) is -0.395. The number of nitrogens with one attached hydrogen (secondary N) is 1. The Morgan fingerprint density at radius 1 is 0.933 bits per heavy atom. The summed E-state index contributed by atoms with van der Waals surface area (Å²) in [7, 11) is 0. The van der Waals surface area contributed by atoms with Crippen LogP contribution in [0.1, 0.15) is 16.1 Å². The number of aromatic nitrogens is 2. The zero-order valence-corrected chi connectivity index (χ0v) is 15.8. The number of nitrogens with zero attached hydrogens (tertiary/aromatic N) is 3. The molecular formula is C24H16N4O2. The van der Waals surface area contributed by atoms with E-state index in [-0.39, 0.29) is 11.3 Å². The summed E-state index contributed by atoms with van der Waals surface area (Å²) in [6.07, 6.45) is 3.10. The smallest absolute Gasteiger partial charge is 0.274 e. The number of benzene rings is 2. The molecule has 0 spiro atoms. The van der Waals surface area contributed by atoms with Gasteiger partial charge in [-0.1, -0.05) is 42.5 Å². The molecule has 30 heavy (non-hydrogen) atoms. The lowest BCUT2D eigenvalue weighted by Crippen LogP contribution is -2.22. The number of pyridine rings is 2. The lowest BCUT2D eigenvalue weighted by Gasteiger charge is -2.13. The first-order valence-electron chi connectivity index (χ1n) is 9.21. The van der Waals surface area contributed by atoms with Crippen LogP contribution in [0, 0.1) is 11.3 Å². The fraction of sp³-hybridized carbons (Fsp3) is 0. The van der Waals surface area contributed by atoms with E-state index in [2.05, 4.69) is 16.4 Å². The fourth-order valence-electron chi connectivity index (χ4n) is 3.13. The first kappa shape index (κ1) is 18.8. The maximum atomic E-state index is 13.3. The summed E-state index contributed by atoms with van der Waals surface area (Å²) < 4.78 is 1.46. The first-order chi connectivity index (χ1) is 14.7. The second kappa shape index (κ2) is 8.25. The molecule has 6 nitrogen and oxygen atoms in total. The van der Waals surface area contributed by atoms with E-state index in [4.69, 9.17) is 0 Å². The maximum absolute atomic E-state index is 13.3. The average molecular weight is 392 g/mol. The normalized spacial score (nSPS) is 10.2. The van der Waals surface area contributed by atoms with E-state index in [1.165, 1.54) is 10.8 Å². The van der Waals surface area contributed by atoms with Crippen LogP contribution in [0.25, 0.3) is 16.8 Å². The predicted octanol–water partition coefficient (Wildman–Crippen LogP) is 4.02. The summed E-state index contributed by atoms with van der Waals surface area (Å²) in [6, 6.07) is 24.7. The van der Waals surface area contributed by atoms with Crippen LogP contribution in [0.3, 0.4) is 0 Å². The molecule has 6 heteroatoms. The van der Waals surface area contributed by atoms with E-state index >= 15 is 0 Å². The van der Waals surface area contributed by atoms with Crippen LogP contribution >= 0.6 is 0 Å². The third kappa shape index (κ3) is 3.73. The number of hydrogen-bond acceptors (Lipinski definition) is 4. The van der Waals surface area contributed by atoms with E-state index in [9.17, 15) is 14.9 Å². The molecule has 0 aliphatic rings. The second-order valence-corrected chi connectivity index (χ2v) is 6.48. The Hall–Kier alpha value is -4.50. The van der Waals surface area contributed by atoms with Crippen LogP contribution in [-0.4, -0.2) is 15.5 Å². The molecule has 0 bridgehead atoms. The zero-order chi connectivity index (χ0) is 20.9. The highest BCUT2D eigenvalue weighted by molar-refractivity contribution is 6.03. The third-order valence-electron chi connectivity index (χ3n) is 4.54. The van der Waals surface area contributed by atoms with E-state index in [0.29, 0.717) is 28.1 Å². The van der Waals surface area contributed by atoms with Crippen molar-refractivity contribution < 1.29 is 4.79 Å². The molecule has 0 saturated carbocycles. The molecule has 4 rings (SSSR count). The number of anilines is 1. The van der Waals surface area contributed by atoms with E-state index in [1.807, 2.05) is 18.2 Å². The Morgan fingerprint density at radius 2 is 1.67 bits per heavy atom. The summed E-state index contributed by atoms with van der Waals surface area (Å²) in [4.78, 5) is 29.9. The summed E-state index contributed by atoms with van der Waals surface area (Å²) in [6.45, 7) is 0. The molecule has 0 unspecified atom stereocenters. The molecule has 144 valence electrons. The van der Waals surface area contributed by atoms with Crippen LogP contribution < -0.4 is 10.9 Å². The highest BCUT2D eigenvalue weighted by atomic mass is 16.2. The Kier molecular flexibility index (Phi) is 5.18. The van der Waals surface area contributed by atoms with Crippen molar-refractivity contribution in [2.45, 2.75) is 0 Å².